The number of aromatic nitrogens is 1. The molecule has 0 bridgehead atoms. The summed E-state index contributed by atoms with van der Waals surface area (Å²) >= 11 is 11.5. The quantitative estimate of drug-likeness (QED) is 0.677. The number of rotatable bonds is 4. The molecule has 1 heterocycles. The molecule has 0 aliphatic heterocycles. The molecule has 1 aromatic carbocycles. The second-order valence-electron chi connectivity index (χ2n) is 3.82. The molecule has 1 N–H and O–H groups in total. The molecule has 0 amide bonds. The van der Waals surface area contributed by atoms with Crippen LogP contribution in [0.3, 0.4) is 0 Å². The van der Waals surface area contributed by atoms with Crippen molar-refractivity contribution in [3.63, 3.8) is 0 Å². The molecule has 0 atom stereocenters. The summed E-state index contributed by atoms with van der Waals surface area (Å²) in [6.45, 7) is 0. The van der Waals surface area contributed by atoms with E-state index in [1.54, 1.807) is 13.2 Å². The van der Waals surface area contributed by atoms with Crippen molar-refractivity contribution in [2.75, 3.05) is 7.11 Å². The van der Waals surface area contributed by atoms with Crippen molar-refractivity contribution in [3.05, 3.63) is 57.8 Å². The van der Waals surface area contributed by atoms with Gasteiger partial charge < -0.3 is 9.72 Å². The van der Waals surface area contributed by atoms with Crippen molar-refractivity contribution in [1.82, 2.24) is 4.98 Å². The molecule has 3 nitrogen and oxygen atoms in total. The first-order chi connectivity index (χ1) is 9.10. The van der Waals surface area contributed by atoms with Gasteiger partial charge in [-0.25, -0.2) is 0 Å². The molecule has 19 heavy (non-hydrogen) atoms. The van der Waals surface area contributed by atoms with Crippen LogP contribution in [-0.2, 0) is 0 Å². The summed E-state index contributed by atoms with van der Waals surface area (Å²) in [6.07, 6.45) is 3.17. The Bertz CT molecular complexity index is 595. The van der Waals surface area contributed by atoms with Crippen LogP contribution in [0.1, 0.15) is 16.1 Å². The molecular formula is C14H11Cl2NO2. The van der Waals surface area contributed by atoms with Crippen LogP contribution in [0.5, 0.6) is 5.75 Å². The van der Waals surface area contributed by atoms with Gasteiger partial charge in [0.2, 0.25) is 5.78 Å². The normalized spacial score (nSPS) is 10.9. The lowest BCUT2D eigenvalue weighted by Gasteiger charge is -1.98. The zero-order valence-electron chi connectivity index (χ0n) is 10.1. The number of halogens is 2. The summed E-state index contributed by atoms with van der Waals surface area (Å²) in [5.41, 5.74) is 1.26. The number of hydrogen-bond donors (Lipinski definition) is 1. The van der Waals surface area contributed by atoms with Gasteiger partial charge in [0.05, 0.1) is 17.8 Å². The summed E-state index contributed by atoms with van der Waals surface area (Å²) in [4.78, 5) is 14.6. The predicted molar refractivity (Wildman–Crippen MR) is 77.2 cm³/mol. The first-order valence-corrected chi connectivity index (χ1v) is 6.26. The Kier molecular flexibility index (Phi) is 4.30. The van der Waals surface area contributed by atoms with Gasteiger partial charge in [0.25, 0.3) is 0 Å². The van der Waals surface area contributed by atoms with Crippen molar-refractivity contribution < 1.29 is 9.53 Å². The largest absolute Gasteiger partial charge is 0.497 e. The van der Waals surface area contributed by atoms with Gasteiger partial charge in [0, 0.05) is 0 Å². The lowest BCUT2D eigenvalue weighted by Crippen LogP contribution is -1.93. The Labute approximate surface area is 120 Å². The number of hydrogen-bond acceptors (Lipinski definition) is 2. The molecule has 2 rings (SSSR count). The highest BCUT2D eigenvalue weighted by Gasteiger charge is 2.08. The lowest BCUT2D eigenvalue weighted by molar-refractivity contribution is 0.104. The maximum atomic E-state index is 11.8. The third-order valence-corrected chi connectivity index (χ3v) is 3.23. The smallest absolute Gasteiger partial charge is 0.202 e. The van der Waals surface area contributed by atoms with Crippen molar-refractivity contribution in [1.29, 1.82) is 0 Å². The highest BCUT2D eigenvalue weighted by molar-refractivity contribution is 6.41. The van der Waals surface area contributed by atoms with Gasteiger partial charge in [-0.05, 0) is 29.8 Å². The highest BCUT2D eigenvalue weighted by Crippen LogP contribution is 2.22. The molecule has 0 radical (unpaired) electrons. The molecule has 0 aliphatic rings. The van der Waals surface area contributed by atoms with Crippen LogP contribution in [0.15, 0.2) is 36.4 Å². The summed E-state index contributed by atoms with van der Waals surface area (Å²) in [5, 5.41) is 0.603. The van der Waals surface area contributed by atoms with E-state index >= 15 is 0 Å². The Morgan fingerprint density at radius 1 is 1.26 bits per heavy atom. The van der Waals surface area contributed by atoms with E-state index in [1.807, 2.05) is 24.3 Å². The lowest BCUT2D eigenvalue weighted by atomic mass is 10.1. The third-order valence-electron chi connectivity index (χ3n) is 2.53. The maximum absolute atomic E-state index is 11.8. The summed E-state index contributed by atoms with van der Waals surface area (Å²) in [6, 6.07) is 8.87. The predicted octanol–water partition coefficient (Wildman–Crippen LogP) is 4.23. The molecule has 0 fully saturated rings. The first kappa shape index (κ1) is 13.7. The van der Waals surface area contributed by atoms with E-state index in [-0.39, 0.29) is 10.9 Å². The summed E-state index contributed by atoms with van der Waals surface area (Å²) in [7, 11) is 1.60. The molecule has 5 heteroatoms. The number of benzene rings is 1. The standard InChI is InChI=1S/C14H11Cl2NO2/c1-19-10-5-2-9(3-6-10)4-7-13(18)12-8-11(15)14(16)17-12/h2-8,17H,1H3/b7-4+. The van der Waals surface area contributed by atoms with Crippen LogP contribution in [0.25, 0.3) is 6.08 Å². The SMILES string of the molecule is COc1ccc(/C=C/C(=O)c2cc(Cl)c(Cl)[nH]2)cc1. The van der Waals surface area contributed by atoms with Crippen LogP contribution >= 0.6 is 23.2 Å². The third kappa shape index (κ3) is 3.40. The fourth-order valence-corrected chi connectivity index (χ4v) is 1.83. The Morgan fingerprint density at radius 2 is 1.95 bits per heavy atom. The number of aromatic amines is 1. The van der Waals surface area contributed by atoms with Gasteiger partial charge in [-0.3, -0.25) is 4.79 Å². The van der Waals surface area contributed by atoms with E-state index < -0.39 is 0 Å². The number of ketones is 1. The highest BCUT2D eigenvalue weighted by atomic mass is 35.5. The molecule has 0 unspecified atom stereocenters. The summed E-state index contributed by atoms with van der Waals surface area (Å²) in [5.74, 6) is 0.580. The van der Waals surface area contributed by atoms with Gasteiger partial charge in [0.15, 0.2) is 0 Å². The monoisotopic (exact) mass is 295 g/mol. The molecule has 1 aromatic heterocycles. The van der Waals surface area contributed by atoms with Gasteiger partial charge in [-0.2, -0.15) is 0 Å². The maximum Gasteiger partial charge on any atom is 0.202 e. The van der Waals surface area contributed by atoms with Crippen LogP contribution in [0.4, 0.5) is 0 Å². The molecule has 0 aliphatic carbocycles. The van der Waals surface area contributed by atoms with E-state index in [4.69, 9.17) is 27.9 Å². The Hall–Kier alpha value is -1.71. The fraction of sp³-hybridized carbons (Fsp3) is 0.0714. The Morgan fingerprint density at radius 3 is 2.47 bits per heavy atom. The topological polar surface area (TPSA) is 42.1 Å². The number of nitrogens with one attached hydrogen (secondary N) is 1. The molecule has 0 saturated heterocycles. The van der Waals surface area contributed by atoms with Gasteiger partial charge >= 0.3 is 0 Å². The second kappa shape index (κ2) is 5.95. The van der Waals surface area contributed by atoms with Crippen molar-refractivity contribution in [2.45, 2.75) is 0 Å². The number of methoxy groups -OCH3 is 1. The van der Waals surface area contributed by atoms with Gasteiger partial charge in [0.1, 0.15) is 10.9 Å². The number of ether oxygens (including phenoxy) is 1. The van der Waals surface area contributed by atoms with E-state index in [2.05, 4.69) is 4.98 Å². The van der Waals surface area contributed by atoms with Crippen LogP contribution in [0, 0.1) is 0 Å². The average molecular weight is 296 g/mol. The minimum absolute atomic E-state index is 0.190. The number of allylic oxidation sites excluding steroid dienone is 1. The van der Waals surface area contributed by atoms with Crippen molar-refractivity contribution in [2.24, 2.45) is 0 Å². The van der Waals surface area contributed by atoms with Crippen LogP contribution in [0.2, 0.25) is 10.2 Å². The van der Waals surface area contributed by atoms with E-state index in [0.717, 1.165) is 11.3 Å². The minimum atomic E-state index is -0.190. The molecular weight excluding hydrogens is 285 g/mol. The van der Waals surface area contributed by atoms with E-state index in [9.17, 15) is 4.79 Å². The zero-order chi connectivity index (χ0) is 13.8. The number of carbonyl (C=O) groups is 1. The molecule has 0 saturated carbocycles. The molecule has 0 spiro atoms. The van der Waals surface area contributed by atoms with Crippen molar-refractivity contribution >= 4 is 35.1 Å². The van der Waals surface area contributed by atoms with Crippen LogP contribution in [-0.4, -0.2) is 17.9 Å². The fourth-order valence-electron chi connectivity index (χ4n) is 1.51. The van der Waals surface area contributed by atoms with Gasteiger partial charge in [-0.1, -0.05) is 41.4 Å². The summed E-state index contributed by atoms with van der Waals surface area (Å²) < 4.78 is 5.05. The average Bonchev–Trinajstić information content (AvgIpc) is 2.77. The number of carbonyl (C=O) groups excluding carboxylic acids is 1. The van der Waals surface area contributed by atoms with E-state index in [1.165, 1.54) is 12.1 Å². The second-order valence-corrected chi connectivity index (χ2v) is 4.60. The minimum Gasteiger partial charge on any atom is -0.497 e. The first-order valence-electron chi connectivity index (χ1n) is 5.50. The number of H-pyrrole nitrogens is 1. The van der Waals surface area contributed by atoms with E-state index in [0.29, 0.717) is 10.7 Å². The molecule has 2 aromatic rings. The Balaban J connectivity index is 2.11. The van der Waals surface area contributed by atoms with Gasteiger partial charge in [-0.15, -0.1) is 0 Å². The van der Waals surface area contributed by atoms with Crippen molar-refractivity contribution in [3.8, 4) is 5.75 Å². The molecule has 98 valence electrons. The zero-order valence-corrected chi connectivity index (χ0v) is 11.6. The van der Waals surface area contributed by atoms with Crippen LogP contribution < -0.4 is 4.74 Å².